The van der Waals surface area contributed by atoms with Gasteiger partial charge in [0.15, 0.2) is 5.76 Å². The predicted molar refractivity (Wildman–Crippen MR) is 74.5 cm³/mol. The van der Waals surface area contributed by atoms with E-state index >= 15 is 0 Å². The minimum absolute atomic E-state index is 0.0530. The number of carbonyl (C=O) groups excluding carboxylic acids is 1. The van der Waals surface area contributed by atoms with Crippen LogP contribution in [-0.2, 0) is 11.3 Å². The van der Waals surface area contributed by atoms with Crippen LogP contribution in [0.5, 0.6) is 0 Å². The van der Waals surface area contributed by atoms with Gasteiger partial charge in [0.2, 0.25) is 5.76 Å². The van der Waals surface area contributed by atoms with Crippen LogP contribution < -0.4 is 0 Å². The van der Waals surface area contributed by atoms with Crippen molar-refractivity contribution in [3.63, 3.8) is 0 Å². The summed E-state index contributed by atoms with van der Waals surface area (Å²) in [6.45, 7) is 1.92. The molecule has 0 amide bonds. The van der Waals surface area contributed by atoms with Crippen molar-refractivity contribution in [2.75, 3.05) is 0 Å². The molecule has 0 aliphatic heterocycles. The van der Waals surface area contributed by atoms with E-state index in [0.717, 1.165) is 5.56 Å². The van der Waals surface area contributed by atoms with Gasteiger partial charge in [0, 0.05) is 6.07 Å². The number of aromatic nitrogens is 1. The van der Waals surface area contributed by atoms with Crippen molar-refractivity contribution in [3.05, 3.63) is 65.5 Å². The van der Waals surface area contributed by atoms with Crippen molar-refractivity contribution in [2.45, 2.75) is 13.5 Å². The van der Waals surface area contributed by atoms with Crippen molar-refractivity contribution in [1.29, 1.82) is 0 Å². The van der Waals surface area contributed by atoms with Crippen LogP contribution in [0.1, 0.15) is 21.6 Å². The molecule has 0 aliphatic carbocycles. The minimum Gasteiger partial charge on any atom is -0.461 e. The Morgan fingerprint density at radius 2 is 2.05 bits per heavy atom. The van der Waals surface area contributed by atoms with E-state index in [0.29, 0.717) is 22.8 Å². The Balaban J connectivity index is 1.66. The molecule has 0 atom stereocenters. The smallest absolute Gasteiger partial charge is 0.338 e. The molecule has 0 spiro atoms. The van der Waals surface area contributed by atoms with Gasteiger partial charge in [-0.1, -0.05) is 23.4 Å². The monoisotopic (exact) mass is 283 g/mol. The van der Waals surface area contributed by atoms with Crippen LogP contribution in [0.2, 0.25) is 0 Å². The van der Waals surface area contributed by atoms with Gasteiger partial charge in [0.05, 0.1) is 11.8 Å². The zero-order valence-electron chi connectivity index (χ0n) is 11.4. The van der Waals surface area contributed by atoms with Gasteiger partial charge < -0.3 is 13.7 Å². The number of rotatable bonds is 4. The third-order valence-corrected chi connectivity index (χ3v) is 3.04. The van der Waals surface area contributed by atoms with Gasteiger partial charge in [-0.25, -0.2) is 4.79 Å². The summed E-state index contributed by atoms with van der Waals surface area (Å²) in [5.74, 6) is 0.705. The van der Waals surface area contributed by atoms with Gasteiger partial charge in [-0.05, 0) is 30.7 Å². The van der Waals surface area contributed by atoms with E-state index in [2.05, 4.69) is 5.16 Å². The van der Waals surface area contributed by atoms with E-state index in [1.807, 2.05) is 19.1 Å². The second-order valence-corrected chi connectivity index (χ2v) is 4.55. The number of furan rings is 1. The predicted octanol–water partition coefficient (Wildman–Crippen LogP) is 3.60. The molecule has 0 aliphatic rings. The van der Waals surface area contributed by atoms with Gasteiger partial charge in [0.1, 0.15) is 12.3 Å². The highest BCUT2D eigenvalue weighted by molar-refractivity contribution is 5.90. The molecule has 2 heterocycles. The molecule has 5 heteroatoms. The maximum atomic E-state index is 12.0. The van der Waals surface area contributed by atoms with Crippen molar-refractivity contribution in [1.82, 2.24) is 5.16 Å². The van der Waals surface area contributed by atoms with Crippen LogP contribution in [0.25, 0.3) is 11.5 Å². The van der Waals surface area contributed by atoms with Crippen LogP contribution in [0.3, 0.4) is 0 Å². The third kappa shape index (κ3) is 2.86. The molecule has 0 radical (unpaired) electrons. The fourth-order valence-corrected chi connectivity index (χ4v) is 1.93. The normalized spacial score (nSPS) is 10.5. The Labute approximate surface area is 121 Å². The van der Waals surface area contributed by atoms with Crippen LogP contribution in [0.4, 0.5) is 0 Å². The Morgan fingerprint density at radius 3 is 2.81 bits per heavy atom. The van der Waals surface area contributed by atoms with Gasteiger partial charge >= 0.3 is 5.97 Å². The number of carbonyl (C=O) groups is 1. The number of hydrogen-bond acceptors (Lipinski definition) is 5. The Hall–Kier alpha value is -2.82. The van der Waals surface area contributed by atoms with E-state index in [9.17, 15) is 4.79 Å². The lowest BCUT2D eigenvalue weighted by Crippen LogP contribution is -2.07. The molecule has 0 bridgehead atoms. The highest BCUT2D eigenvalue weighted by Gasteiger charge is 2.13. The van der Waals surface area contributed by atoms with E-state index < -0.39 is 0 Å². The topological polar surface area (TPSA) is 65.5 Å². The Morgan fingerprint density at radius 1 is 1.19 bits per heavy atom. The molecular weight excluding hydrogens is 270 g/mol. The van der Waals surface area contributed by atoms with E-state index in [1.165, 1.54) is 0 Å². The van der Waals surface area contributed by atoms with Crippen molar-refractivity contribution >= 4 is 5.97 Å². The molecule has 21 heavy (non-hydrogen) atoms. The molecule has 0 saturated heterocycles. The number of ether oxygens (including phenoxy) is 1. The molecular formula is C16H13NO4. The molecule has 0 unspecified atom stereocenters. The van der Waals surface area contributed by atoms with Crippen molar-refractivity contribution in [2.24, 2.45) is 0 Å². The maximum absolute atomic E-state index is 12.0. The Bertz CT molecular complexity index is 743. The average molecular weight is 283 g/mol. The SMILES string of the molecule is Cc1ccccc1C(=O)OCc1cc(-c2ccco2)on1. The molecule has 0 N–H and O–H groups in total. The van der Waals surface area contributed by atoms with E-state index in [4.69, 9.17) is 13.7 Å². The molecule has 0 fully saturated rings. The van der Waals surface area contributed by atoms with Gasteiger partial charge in [-0.15, -0.1) is 0 Å². The summed E-state index contributed by atoms with van der Waals surface area (Å²) < 4.78 is 15.6. The molecule has 3 aromatic rings. The fourth-order valence-electron chi connectivity index (χ4n) is 1.93. The number of hydrogen-bond donors (Lipinski definition) is 0. The second-order valence-electron chi connectivity index (χ2n) is 4.55. The molecule has 5 nitrogen and oxygen atoms in total. The summed E-state index contributed by atoms with van der Waals surface area (Å²) in [5.41, 5.74) is 1.95. The highest BCUT2D eigenvalue weighted by atomic mass is 16.5. The lowest BCUT2D eigenvalue weighted by molar-refractivity contribution is 0.0463. The quantitative estimate of drug-likeness (QED) is 0.684. The van der Waals surface area contributed by atoms with Crippen molar-refractivity contribution < 1.29 is 18.5 Å². The second kappa shape index (κ2) is 5.66. The fraction of sp³-hybridized carbons (Fsp3) is 0.125. The molecule has 106 valence electrons. The van der Waals surface area contributed by atoms with Crippen LogP contribution in [-0.4, -0.2) is 11.1 Å². The first-order valence-corrected chi connectivity index (χ1v) is 6.46. The Kier molecular flexibility index (Phi) is 3.55. The molecule has 0 saturated carbocycles. The first-order chi connectivity index (χ1) is 10.2. The average Bonchev–Trinajstić information content (AvgIpc) is 3.16. The summed E-state index contributed by atoms with van der Waals surface area (Å²) in [7, 11) is 0. The lowest BCUT2D eigenvalue weighted by atomic mass is 10.1. The van der Waals surface area contributed by atoms with Crippen LogP contribution in [0.15, 0.2) is 57.7 Å². The van der Waals surface area contributed by atoms with Gasteiger partial charge in [0.25, 0.3) is 0 Å². The lowest BCUT2D eigenvalue weighted by Gasteiger charge is -2.04. The zero-order chi connectivity index (χ0) is 14.7. The summed E-state index contributed by atoms with van der Waals surface area (Å²) in [4.78, 5) is 12.0. The zero-order valence-corrected chi connectivity index (χ0v) is 11.4. The summed E-state index contributed by atoms with van der Waals surface area (Å²) >= 11 is 0. The van der Waals surface area contributed by atoms with Gasteiger partial charge in [-0.3, -0.25) is 0 Å². The van der Waals surface area contributed by atoms with Gasteiger partial charge in [-0.2, -0.15) is 0 Å². The third-order valence-electron chi connectivity index (χ3n) is 3.04. The largest absolute Gasteiger partial charge is 0.461 e. The first-order valence-electron chi connectivity index (χ1n) is 6.46. The first kappa shape index (κ1) is 13.2. The van der Waals surface area contributed by atoms with E-state index in [-0.39, 0.29) is 12.6 Å². The summed E-state index contributed by atoms with van der Waals surface area (Å²) in [5, 5.41) is 3.85. The maximum Gasteiger partial charge on any atom is 0.338 e. The number of aryl methyl sites for hydroxylation is 1. The van der Waals surface area contributed by atoms with E-state index in [1.54, 1.807) is 36.6 Å². The van der Waals surface area contributed by atoms with Crippen LogP contribution >= 0.6 is 0 Å². The molecule has 2 aromatic heterocycles. The number of nitrogens with zero attached hydrogens (tertiary/aromatic N) is 1. The highest BCUT2D eigenvalue weighted by Crippen LogP contribution is 2.21. The summed E-state index contributed by atoms with van der Waals surface area (Å²) in [6, 6.07) is 12.5. The molecule has 3 rings (SSSR count). The van der Waals surface area contributed by atoms with Crippen molar-refractivity contribution in [3.8, 4) is 11.5 Å². The minimum atomic E-state index is -0.379. The number of benzene rings is 1. The summed E-state index contributed by atoms with van der Waals surface area (Å²) in [6.07, 6.45) is 1.55. The van der Waals surface area contributed by atoms with Crippen LogP contribution in [0, 0.1) is 6.92 Å². The molecule has 1 aromatic carbocycles. The standard InChI is InChI=1S/C16H13NO4/c1-11-5-2-3-6-13(11)16(18)20-10-12-9-15(21-17-12)14-7-4-8-19-14/h2-9H,10H2,1H3. The number of esters is 1.